The maximum absolute atomic E-state index is 11.2. The van der Waals surface area contributed by atoms with Gasteiger partial charge in [0.15, 0.2) is 0 Å². The molecule has 0 atom stereocenters. The summed E-state index contributed by atoms with van der Waals surface area (Å²) in [5, 5.41) is 0. The summed E-state index contributed by atoms with van der Waals surface area (Å²) in [5.41, 5.74) is 0. The van der Waals surface area contributed by atoms with Crippen LogP contribution < -0.4 is 0 Å². The van der Waals surface area contributed by atoms with Crippen LogP contribution in [0.5, 0.6) is 0 Å². The van der Waals surface area contributed by atoms with E-state index in [2.05, 4.69) is 0 Å². The summed E-state index contributed by atoms with van der Waals surface area (Å²) in [5.74, 6) is 0.300. The van der Waals surface area contributed by atoms with Crippen molar-refractivity contribution in [2.75, 3.05) is 13.6 Å². The number of Topliss-reactive ketones (excluding diaryl/α,β-unsaturated/α-hetero) is 1. The van der Waals surface area contributed by atoms with Crippen molar-refractivity contribution in [1.82, 2.24) is 4.90 Å². The summed E-state index contributed by atoms with van der Waals surface area (Å²) >= 11 is 5.12. The SMILES string of the molecule is CN1CCCCCC(=O)CC1=S. The number of rotatable bonds is 0. The molecule has 1 fully saturated rings. The fourth-order valence-corrected chi connectivity index (χ4v) is 1.62. The summed E-state index contributed by atoms with van der Waals surface area (Å²) in [6.45, 7) is 1.01. The zero-order valence-corrected chi connectivity index (χ0v) is 8.32. The Labute approximate surface area is 78.9 Å². The first-order valence-corrected chi connectivity index (χ1v) is 4.86. The van der Waals surface area contributed by atoms with Gasteiger partial charge in [-0.1, -0.05) is 18.6 Å². The first-order valence-electron chi connectivity index (χ1n) is 4.46. The number of hydrogen-bond acceptors (Lipinski definition) is 2. The number of ketones is 1. The molecule has 0 saturated carbocycles. The van der Waals surface area contributed by atoms with Gasteiger partial charge in [-0.15, -0.1) is 0 Å². The highest BCUT2D eigenvalue weighted by atomic mass is 32.1. The fraction of sp³-hybridized carbons (Fsp3) is 0.778. The highest BCUT2D eigenvalue weighted by Crippen LogP contribution is 2.09. The number of thiocarbonyl (C=S) groups is 1. The molecule has 0 aromatic heterocycles. The maximum Gasteiger partial charge on any atom is 0.139 e. The Hall–Kier alpha value is -0.440. The summed E-state index contributed by atoms with van der Waals surface area (Å²) in [6.07, 6.45) is 4.54. The second kappa shape index (κ2) is 4.55. The third-order valence-corrected chi connectivity index (χ3v) is 2.68. The van der Waals surface area contributed by atoms with Gasteiger partial charge < -0.3 is 4.90 Å². The van der Waals surface area contributed by atoms with Crippen LogP contribution in [0.15, 0.2) is 0 Å². The Kier molecular flexibility index (Phi) is 3.66. The topological polar surface area (TPSA) is 20.3 Å². The Morgan fingerprint density at radius 1 is 1.33 bits per heavy atom. The molecule has 0 aliphatic carbocycles. The molecule has 1 aliphatic heterocycles. The van der Waals surface area contributed by atoms with E-state index in [0.717, 1.165) is 30.8 Å². The molecule has 68 valence electrons. The molecule has 3 heteroatoms. The molecule has 0 radical (unpaired) electrons. The summed E-state index contributed by atoms with van der Waals surface area (Å²) < 4.78 is 0. The van der Waals surface area contributed by atoms with Crippen LogP contribution in [0, 0.1) is 0 Å². The monoisotopic (exact) mass is 185 g/mol. The minimum Gasteiger partial charge on any atom is -0.369 e. The molecule has 12 heavy (non-hydrogen) atoms. The molecule has 1 saturated heterocycles. The van der Waals surface area contributed by atoms with Crippen molar-refractivity contribution in [2.45, 2.75) is 32.1 Å². The molecule has 0 aromatic carbocycles. The third-order valence-electron chi connectivity index (χ3n) is 2.22. The van der Waals surface area contributed by atoms with Gasteiger partial charge in [-0.2, -0.15) is 0 Å². The van der Waals surface area contributed by atoms with Crippen molar-refractivity contribution in [3.8, 4) is 0 Å². The van der Waals surface area contributed by atoms with Gasteiger partial charge in [-0.3, -0.25) is 4.79 Å². The molecule has 2 nitrogen and oxygen atoms in total. The van der Waals surface area contributed by atoms with Crippen LogP contribution in [0.4, 0.5) is 0 Å². The molecule has 1 rings (SSSR count). The van der Waals surface area contributed by atoms with Crippen LogP contribution in [0.3, 0.4) is 0 Å². The van der Waals surface area contributed by atoms with Gasteiger partial charge in [-0.25, -0.2) is 0 Å². The molecule has 1 aliphatic rings. The predicted molar refractivity (Wildman–Crippen MR) is 53.3 cm³/mol. The number of hydrogen-bond donors (Lipinski definition) is 0. The quantitative estimate of drug-likeness (QED) is 0.537. The summed E-state index contributed by atoms with van der Waals surface area (Å²) in [6, 6.07) is 0. The average Bonchev–Trinajstić information content (AvgIpc) is 2.07. The second-order valence-electron chi connectivity index (χ2n) is 3.34. The summed E-state index contributed by atoms with van der Waals surface area (Å²) in [7, 11) is 1.97. The van der Waals surface area contributed by atoms with Gasteiger partial charge in [0.1, 0.15) is 5.78 Å². The van der Waals surface area contributed by atoms with E-state index >= 15 is 0 Å². The highest BCUT2D eigenvalue weighted by Gasteiger charge is 2.11. The van der Waals surface area contributed by atoms with E-state index in [4.69, 9.17) is 12.2 Å². The van der Waals surface area contributed by atoms with E-state index in [9.17, 15) is 4.79 Å². The third kappa shape index (κ3) is 2.89. The predicted octanol–water partition coefficient (Wildman–Crippen LogP) is 1.78. The number of nitrogens with zero attached hydrogens (tertiary/aromatic N) is 1. The van der Waals surface area contributed by atoms with Crippen molar-refractivity contribution in [3.63, 3.8) is 0 Å². The zero-order chi connectivity index (χ0) is 8.97. The second-order valence-corrected chi connectivity index (χ2v) is 3.81. The van der Waals surface area contributed by atoms with E-state index < -0.39 is 0 Å². The van der Waals surface area contributed by atoms with E-state index in [1.165, 1.54) is 0 Å². The molecule has 1 heterocycles. The zero-order valence-electron chi connectivity index (χ0n) is 7.51. The lowest BCUT2D eigenvalue weighted by Crippen LogP contribution is -2.27. The van der Waals surface area contributed by atoms with Crippen LogP contribution in [0.2, 0.25) is 0 Å². The minimum absolute atomic E-state index is 0.300. The fourth-order valence-electron chi connectivity index (χ4n) is 1.36. The molecule has 0 spiro atoms. The summed E-state index contributed by atoms with van der Waals surface area (Å²) in [4.78, 5) is 14.1. The van der Waals surface area contributed by atoms with Gasteiger partial charge in [0.05, 0.1) is 11.4 Å². The van der Waals surface area contributed by atoms with Crippen LogP contribution >= 0.6 is 12.2 Å². The first kappa shape index (κ1) is 9.65. The van der Waals surface area contributed by atoms with E-state index in [0.29, 0.717) is 18.6 Å². The van der Waals surface area contributed by atoms with Gasteiger partial charge in [0.2, 0.25) is 0 Å². The van der Waals surface area contributed by atoms with Crippen molar-refractivity contribution in [3.05, 3.63) is 0 Å². The molecular weight excluding hydrogens is 170 g/mol. The molecule has 0 bridgehead atoms. The van der Waals surface area contributed by atoms with Crippen LogP contribution in [0.25, 0.3) is 0 Å². The van der Waals surface area contributed by atoms with E-state index in [1.807, 2.05) is 11.9 Å². The van der Waals surface area contributed by atoms with Gasteiger partial charge in [-0.05, 0) is 12.8 Å². The lowest BCUT2D eigenvalue weighted by Gasteiger charge is -2.17. The van der Waals surface area contributed by atoms with E-state index in [1.54, 1.807) is 0 Å². The smallest absolute Gasteiger partial charge is 0.139 e. The molecule has 0 unspecified atom stereocenters. The Balaban J connectivity index is 2.52. The standard InChI is InChI=1S/C9H15NOS/c1-10-6-4-2-3-5-8(11)7-9(10)12/h2-7H2,1H3. The van der Waals surface area contributed by atoms with E-state index in [-0.39, 0.29) is 0 Å². The van der Waals surface area contributed by atoms with Crippen LogP contribution in [0.1, 0.15) is 32.1 Å². The Morgan fingerprint density at radius 3 is 2.83 bits per heavy atom. The van der Waals surface area contributed by atoms with Gasteiger partial charge >= 0.3 is 0 Å². The Morgan fingerprint density at radius 2 is 2.08 bits per heavy atom. The first-order chi connectivity index (χ1) is 5.70. The van der Waals surface area contributed by atoms with Crippen molar-refractivity contribution in [1.29, 1.82) is 0 Å². The number of carbonyl (C=O) groups excluding carboxylic acids is 1. The average molecular weight is 185 g/mol. The molecule has 0 N–H and O–H groups in total. The van der Waals surface area contributed by atoms with Gasteiger partial charge in [0, 0.05) is 20.0 Å². The van der Waals surface area contributed by atoms with Crippen molar-refractivity contribution >= 4 is 23.0 Å². The van der Waals surface area contributed by atoms with Crippen molar-refractivity contribution in [2.24, 2.45) is 0 Å². The Bertz CT molecular complexity index is 191. The lowest BCUT2D eigenvalue weighted by molar-refractivity contribution is -0.118. The molecule has 0 aromatic rings. The largest absolute Gasteiger partial charge is 0.369 e. The number of carbonyl (C=O) groups is 1. The molecule has 0 amide bonds. The maximum atomic E-state index is 11.2. The highest BCUT2D eigenvalue weighted by molar-refractivity contribution is 7.80. The lowest BCUT2D eigenvalue weighted by atomic mass is 10.1. The normalized spacial score (nSPS) is 21.6. The minimum atomic E-state index is 0.300. The van der Waals surface area contributed by atoms with Crippen LogP contribution in [-0.2, 0) is 4.79 Å². The van der Waals surface area contributed by atoms with Crippen molar-refractivity contribution < 1.29 is 4.79 Å². The van der Waals surface area contributed by atoms with Gasteiger partial charge in [0.25, 0.3) is 0 Å². The van der Waals surface area contributed by atoms with Crippen LogP contribution in [-0.4, -0.2) is 29.3 Å². The molecular formula is C9H15NOS.